The third kappa shape index (κ3) is 4.03. The molecule has 0 aliphatic heterocycles. The van der Waals surface area contributed by atoms with Crippen molar-refractivity contribution in [1.29, 1.82) is 0 Å². The highest BCUT2D eigenvalue weighted by Gasteiger charge is 2.34. The fourth-order valence-corrected chi connectivity index (χ4v) is 1.60. The van der Waals surface area contributed by atoms with Crippen LogP contribution in [0.5, 0.6) is 0 Å². The van der Waals surface area contributed by atoms with Crippen LogP contribution in [0.1, 0.15) is 31.9 Å². The van der Waals surface area contributed by atoms with Gasteiger partial charge in [-0.1, -0.05) is 37.3 Å². The molecule has 0 aliphatic carbocycles. The monoisotopic (exact) mass is 276 g/mol. The van der Waals surface area contributed by atoms with E-state index in [0.717, 1.165) is 5.56 Å². The summed E-state index contributed by atoms with van der Waals surface area (Å²) in [4.78, 5) is 25.9. The Hall–Kier alpha value is -2.46. The minimum absolute atomic E-state index is 0.0705. The van der Waals surface area contributed by atoms with Crippen LogP contribution in [0.15, 0.2) is 30.3 Å². The van der Waals surface area contributed by atoms with E-state index >= 15 is 0 Å². The van der Waals surface area contributed by atoms with Crippen LogP contribution in [-0.2, 0) is 19.1 Å². The van der Waals surface area contributed by atoms with Crippen LogP contribution in [0.3, 0.4) is 0 Å². The number of benzene rings is 1. The first kappa shape index (κ1) is 15.6. The Morgan fingerprint density at radius 3 is 2.35 bits per heavy atom. The van der Waals surface area contributed by atoms with Crippen LogP contribution in [-0.4, -0.2) is 29.0 Å². The number of ether oxygens (including phenoxy) is 2. The molecule has 1 rings (SSSR count). The average Bonchev–Trinajstić information content (AvgIpc) is 2.46. The van der Waals surface area contributed by atoms with Crippen molar-refractivity contribution in [3.05, 3.63) is 41.4 Å². The highest BCUT2D eigenvalue weighted by molar-refractivity contribution is 6.60. The fraction of sp³-hybridized carbons (Fsp3) is 0.357. The van der Waals surface area contributed by atoms with Crippen LogP contribution in [0.2, 0.25) is 0 Å². The molecule has 0 radical (unpaired) electrons. The molecular weight excluding hydrogens is 260 g/mol. The molecular formula is C14H16N2O4. The van der Waals surface area contributed by atoms with Crippen molar-refractivity contribution < 1.29 is 23.9 Å². The first-order valence-corrected chi connectivity index (χ1v) is 6.29. The summed E-state index contributed by atoms with van der Waals surface area (Å²) in [5.41, 5.74) is 8.77. The minimum Gasteiger partial charge on any atom is -0.457 e. The van der Waals surface area contributed by atoms with Crippen LogP contribution < -0.4 is 0 Å². The largest absolute Gasteiger partial charge is 0.482 e. The highest BCUT2D eigenvalue weighted by Crippen LogP contribution is 2.20. The van der Waals surface area contributed by atoms with Crippen molar-refractivity contribution >= 4 is 17.7 Å². The maximum atomic E-state index is 11.8. The smallest absolute Gasteiger partial charge is 0.457 e. The van der Waals surface area contributed by atoms with Crippen LogP contribution >= 0.6 is 0 Å². The van der Waals surface area contributed by atoms with E-state index in [1.807, 2.05) is 37.3 Å². The average molecular weight is 276 g/mol. The molecule has 0 spiro atoms. The summed E-state index contributed by atoms with van der Waals surface area (Å²) in [6, 6.07) is 9.09. The third-order valence-electron chi connectivity index (χ3n) is 2.55. The summed E-state index contributed by atoms with van der Waals surface area (Å²) >= 11 is 0. The van der Waals surface area contributed by atoms with E-state index in [4.69, 9.17) is 10.3 Å². The zero-order valence-electron chi connectivity index (χ0n) is 11.4. The molecule has 0 aliphatic rings. The van der Waals surface area contributed by atoms with E-state index < -0.39 is 23.8 Å². The Balaban J connectivity index is 2.82. The van der Waals surface area contributed by atoms with E-state index in [0.29, 0.717) is 6.42 Å². The number of nitrogens with zero attached hydrogens (tertiary/aromatic N) is 2. The van der Waals surface area contributed by atoms with E-state index in [1.165, 1.54) is 0 Å². The highest BCUT2D eigenvalue weighted by atomic mass is 16.6. The van der Waals surface area contributed by atoms with Gasteiger partial charge < -0.3 is 15.0 Å². The standard InChI is InChI=1S/C14H16N2O4/c1-3-11(10-8-6-5-7-9-10)20-14(18)12(16-15)13(17)19-4-2/h5-9,11H,3-4H2,1-2H3/t11-/m0/s1. The van der Waals surface area contributed by atoms with E-state index in [9.17, 15) is 9.59 Å². The van der Waals surface area contributed by atoms with Crippen LogP contribution in [0, 0.1) is 0 Å². The molecule has 0 amide bonds. The second-order valence-corrected chi connectivity index (χ2v) is 3.88. The zero-order valence-corrected chi connectivity index (χ0v) is 11.4. The maximum absolute atomic E-state index is 11.8. The number of carbonyl (C=O) groups excluding carboxylic acids is 2. The SMILES string of the molecule is CCOC(=O)C(=[N+]=[N-])C(=O)O[C@@H](CC)c1ccccc1. The number of esters is 2. The Labute approximate surface area is 116 Å². The molecule has 6 nitrogen and oxygen atoms in total. The summed E-state index contributed by atoms with van der Waals surface area (Å²) in [5.74, 6) is -2.02. The zero-order chi connectivity index (χ0) is 15.0. The summed E-state index contributed by atoms with van der Waals surface area (Å²) in [7, 11) is 0. The molecule has 0 aromatic heterocycles. The Bertz CT molecular complexity index is 521. The van der Waals surface area contributed by atoms with Gasteiger partial charge in [-0.05, 0) is 18.9 Å². The van der Waals surface area contributed by atoms with Gasteiger partial charge in [0.25, 0.3) is 0 Å². The molecule has 1 aromatic carbocycles. The van der Waals surface area contributed by atoms with Gasteiger partial charge in [0.1, 0.15) is 6.10 Å². The molecule has 1 atom stereocenters. The molecule has 0 N–H and O–H groups in total. The summed E-state index contributed by atoms with van der Waals surface area (Å²) in [5, 5.41) is 0. The Morgan fingerprint density at radius 2 is 1.85 bits per heavy atom. The predicted octanol–water partition coefficient (Wildman–Crippen LogP) is 1.91. The van der Waals surface area contributed by atoms with Crippen molar-refractivity contribution in [2.75, 3.05) is 6.61 Å². The van der Waals surface area contributed by atoms with Crippen molar-refractivity contribution in [2.45, 2.75) is 26.4 Å². The molecule has 106 valence electrons. The lowest BCUT2D eigenvalue weighted by Gasteiger charge is -2.14. The summed E-state index contributed by atoms with van der Waals surface area (Å²) < 4.78 is 9.78. The molecule has 20 heavy (non-hydrogen) atoms. The topological polar surface area (TPSA) is 89.0 Å². The van der Waals surface area contributed by atoms with Crippen molar-refractivity contribution in [1.82, 2.24) is 0 Å². The lowest BCUT2D eigenvalue weighted by Crippen LogP contribution is -2.30. The number of rotatable bonds is 6. The first-order valence-electron chi connectivity index (χ1n) is 6.29. The maximum Gasteiger partial charge on any atom is 0.482 e. The normalized spacial score (nSPS) is 11.1. The van der Waals surface area contributed by atoms with Crippen LogP contribution in [0.25, 0.3) is 5.53 Å². The predicted molar refractivity (Wildman–Crippen MR) is 70.8 cm³/mol. The van der Waals surface area contributed by atoms with Gasteiger partial charge in [0.2, 0.25) is 0 Å². The molecule has 0 bridgehead atoms. The van der Waals surface area contributed by atoms with E-state index in [1.54, 1.807) is 6.92 Å². The van der Waals surface area contributed by atoms with Gasteiger partial charge in [-0.25, -0.2) is 9.59 Å². The van der Waals surface area contributed by atoms with Gasteiger partial charge in [0.15, 0.2) is 0 Å². The molecule has 0 fully saturated rings. The summed E-state index contributed by atoms with van der Waals surface area (Å²) in [6.07, 6.45) is 0.00645. The van der Waals surface area contributed by atoms with Crippen molar-refractivity contribution in [3.63, 3.8) is 0 Å². The lowest BCUT2D eigenvalue weighted by molar-refractivity contribution is -0.152. The summed E-state index contributed by atoms with van der Waals surface area (Å²) in [6.45, 7) is 3.49. The lowest BCUT2D eigenvalue weighted by atomic mass is 10.1. The van der Waals surface area contributed by atoms with Gasteiger partial charge in [-0.3, -0.25) is 0 Å². The van der Waals surface area contributed by atoms with Gasteiger partial charge in [0, 0.05) is 0 Å². The quantitative estimate of drug-likeness (QED) is 0.261. The van der Waals surface area contributed by atoms with Gasteiger partial charge in [0.05, 0.1) is 6.61 Å². The van der Waals surface area contributed by atoms with Crippen molar-refractivity contribution in [2.24, 2.45) is 0 Å². The van der Waals surface area contributed by atoms with Crippen molar-refractivity contribution in [3.8, 4) is 0 Å². The third-order valence-corrected chi connectivity index (χ3v) is 2.55. The molecule has 0 saturated carbocycles. The Morgan fingerprint density at radius 1 is 1.20 bits per heavy atom. The second kappa shape index (κ2) is 7.86. The second-order valence-electron chi connectivity index (χ2n) is 3.88. The minimum atomic E-state index is -1.01. The molecule has 0 saturated heterocycles. The first-order chi connectivity index (χ1) is 9.63. The molecule has 6 heteroatoms. The number of hydrogen-bond acceptors (Lipinski definition) is 4. The van der Waals surface area contributed by atoms with Gasteiger partial charge in [-0.15, -0.1) is 0 Å². The van der Waals surface area contributed by atoms with Gasteiger partial charge in [-0.2, -0.15) is 4.79 Å². The fourth-order valence-electron chi connectivity index (χ4n) is 1.60. The number of hydrogen-bond donors (Lipinski definition) is 0. The Kier molecular flexibility index (Phi) is 6.13. The molecule has 1 aromatic rings. The molecule has 0 heterocycles. The van der Waals surface area contributed by atoms with Crippen LogP contribution in [0.4, 0.5) is 0 Å². The molecule has 0 unspecified atom stereocenters. The number of carbonyl (C=O) groups is 2. The van der Waals surface area contributed by atoms with E-state index in [2.05, 4.69) is 9.53 Å². The van der Waals surface area contributed by atoms with E-state index in [-0.39, 0.29) is 6.61 Å². The van der Waals surface area contributed by atoms with Gasteiger partial charge >= 0.3 is 17.7 Å².